The van der Waals surface area contributed by atoms with E-state index in [-0.39, 0.29) is 5.91 Å². The summed E-state index contributed by atoms with van der Waals surface area (Å²) in [4.78, 5) is 15.0. The normalized spacial score (nSPS) is 13.9. The first-order valence-electron chi connectivity index (χ1n) is 8.94. The lowest BCUT2D eigenvalue weighted by atomic mass is 10.1. The monoisotopic (exact) mass is 363 g/mol. The molecule has 1 aliphatic rings. The molecule has 3 aromatic rings. The molecule has 0 fully saturated rings. The number of nitrogens with one attached hydrogen (secondary N) is 1. The molecule has 1 aliphatic heterocycles. The first-order chi connectivity index (χ1) is 13.3. The highest BCUT2D eigenvalue weighted by atomic mass is 16.5. The molecule has 27 heavy (non-hydrogen) atoms. The molecule has 2 aromatic carbocycles. The van der Waals surface area contributed by atoms with Gasteiger partial charge in [-0.15, -0.1) is 0 Å². The summed E-state index contributed by atoms with van der Waals surface area (Å²) in [6.07, 6.45) is 2.47. The van der Waals surface area contributed by atoms with Gasteiger partial charge in [0.15, 0.2) is 11.5 Å². The summed E-state index contributed by atoms with van der Waals surface area (Å²) in [6.45, 7) is 1.68. The zero-order valence-electron chi connectivity index (χ0n) is 15.1. The molecule has 1 N–H and O–H groups in total. The number of carbonyl (C=O) groups is 1. The molecule has 6 nitrogen and oxygen atoms in total. The van der Waals surface area contributed by atoms with Crippen molar-refractivity contribution in [1.29, 1.82) is 0 Å². The van der Waals surface area contributed by atoms with Gasteiger partial charge in [-0.1, -0.05) is 24.3 Å². The SMILES string of the molecule is COc1cccc2c1OCCCN(C(=O)c1cccc(-c3ccn[nH]3)c1)C2. The summed E-state index contributed by atoms with van der Waals surface area (Å²) < 4.78 is 11.3. The number of hydrogen-bond acceptors (Lipinski definition) is 4. The predicted molar refractivity (Wildman–Crippen MR) is 102 cm³/mol. The smallest absolute Gasteiger partial charge is 0.254 e. The zero-order chi connectivity index (χ0) is 18.6. The van der Waals surface area contributed by atoms with E-state index in [1.54, 1.807) is 13.3 Å². The molecule has 0 radical (unpaired) electrons. The molecule has 0 unspecified atom stereocenters. The minimum Gasteiger partial charge on any atom is -0.493 e. The van der Waals surface area contributed by atoms with Gasteiger partial charge in [-0.05, 0) is 30.7 Å². The zero-order valence-corrected chi connectivity index (χ0v) is 15.1. The number of fused-ring (bicyclic) bond motifs is 1. The van der Waals surface area contributed by atoms with Crippen LogP contribution in [0.1, 0.15) is 22.3 Å². The Kier molecular flexibility index (Phi) is 4.78. The highest BCUT2D eigenvalue weighted by molar-refractivity contribution is 5.95. The van der Waals surface area contributed by atoms with E-state index in [1.165, 1.54) is 0 Å². The van der Waals surface area contributed by atoms with Crippen LogP contribution in [-0.2, 0) is 6.54 Å². The number of ether oxygens (including phenoxy) is 2. The summed E-state index contributed by atoms with van der Waals surface area (Å²) in [5, 5.41) is 6.92. The van der Waals surface area contributed by atoms with E-state index in [0.29, 0.717) is 31.0 Å². The van der Waals surface area contributed by atoms with Crippen LogP contribution in [0.3, 0.4) is 0 Å². The van der Waals surface area contributed by atoms with Crippen molar-refractivity contribution in [2.45, 2.75) is 13.0 Å². The maximum Gasteiger partial charge on any atom is 0.254 e. The van der Waals surface area contributed by atoms with Crippen molar-refractivity contribution in [3.8, 4) is 22.8 Å². The molecule has 0 aliphatic carbocycles. The summed E-state index contributed by atoms with van der Waals surface area (Å²) in [5.74, 6) is 1.43. The van der Waals surface area contributed by atoms with E-state index in [2.05, 4.69) is 10.2 Å². The van der Waals surface area contributed by atoms with E-state index >= 15 is 0 Å². The topological polar surface area (TPSA) is 67.5 Å². The Balaban J connectivity index is 1.63. The molecule has 2 heterocycles. The molecule has 0 atom stereocenters. The number of rotatable bonds is 3. The van der Waals surface area contributed by atoms with Gasteiger partial charge in [-0.25, -0.2) is 0 Å². The standard InChI is InChI=1S/C21H21N3O3/c1-26-19-8-3-7-17-14-24(11-4-12-27-20(17)19)21(25)16-6-2-5-15(13-16)18-9-10-22-23-18/h2-3,5-10,13H,4,11-12,14H2,1H3,(H,22,23). The first kappa shape index (κ1) is 17.1. The molecule has 6 heteroatoms. The number of aromatic nitrogens is 2. The van der Waals surface area contributed by atoms with Crippen LogP contribution in [0.25, 0.3) is 11.3 Å². The third-order valence-corrected chi connectivity index (χ3v) is 4.67. The van der Waals surface area contributed by atoms with Gasteiger partial charge in [0.05, 0.1) is 19.4 Å². The Morgan fingerprint density at radius 1 is 1.22 bits per heavy atom. The van der Waals surface area contributed by atoms with Crippen LogP contribution in [0.5, 0.6) is 11.5 Å². The van der Waals surface area contributed by atoms with Crippen LogP contribution >= 0.6 is 0 Å². The third-order valence-electron chi connectivity index (χ3n) is 4.67. The van der Waals surface area contributed by atoms with Gasteiger partial charge in [-0.3, -0.25) is 9.89 Å². The van der Waals surface area contributed by atoms with E-state index in [1.807, 2.05) is 53.4 Å². The second kappa shape index (κ2) is 7.53. The van der Waals surface area contributed by atoms with Crippen LogP contribution in [0.4, 0.5) is 0 Å². The molecule has 0 bridgehead atoms. The van der Waals surface area contributed by atoms with Crippen molar-refractivity contribution in [3.05, 3.63) is 65.9 Å². The fraction of sp³-hybridized carbons (Fsp3) is 0.238. The molecule has 0 saturated carbocycles. The Hall–Kier alpha value is -3.28. The van der Waals surface area contributed by atoms with Crippen LogP contribution in [-0.4, -0.2) is 41.3 Å². The Morgan fingerprint density at radius 2 is 2.11 bits per heavy atom. The van der Waals surface area contributed by atoms with Crippen LogP contribution in [0.15, 0.2) is 54.7 Å². The largest absolute Gasteiger partial charge is 0.493 e. The van der Waals surface area contributed by atoms with E-state index < -0.39 is 0 Å². The summed E-state index contributed by atoms with van der Waals surface area (Å²) >= 11 is 0. The number of nitrogens with zero attached hydrogens (tertiary/aromatic N) is 2. The summed E-state index contributed by atoms with van der Waals surface area (Å²) in [7, 11) is 1.63. The van der Waals surface area contributed by atoms with E-state index in [0.717, 1.165) is 29.0 Å². The molecule has 4 rings (SSSR count). The number of amides is 1. The van der Waals surface area contributed by atoms with Crippen molar-refractivity contribution in [3.63, 3.8) is 0 Å². The minimum atomic E-state index is 0.00651. The van der Waals surface area contributed by atoms with Gasteiger partial charge < -0.3 is 14.4 Å². The number of benzene rings is 2. The fourth-order valence-electron chi connectivity index (χ4n) is 3.32. The molecule has 1 amide bonds. The molecule has 138 valence electrons. The second-order valence-electron chi connectivity index (χ2n) is 6.43. The van der Waals surface area contributed by atoms with Crippen molar-refractivity contribution in [2.75, 3.05) is 20.3 Å². The van der Waals surface area contributed by atoms with E-state index in [9.17, 15) is 4.79 Å². The van der Waals surface area contributed by atoms with Crippen molar-refractivity contribution in [2.24, 2.45) is 0 Å². The van der Waals surface area contributed by atoms with Crippen LogP contribution in [0, 0.1) is 0 Å². The lowest BCUT2D eigenvalue weighted by Gasteiger charge is -2.27. The average Bonchev–Trinajstić information content (AvgIpc) is 3.22. The lowest BCUT2D eigenvalue weighted by Crippen LogP contribution is -2.33. The average molecular weight is 363 g/mol. The number of methoxy groups -OCH3 is 1. The van der Waals surface area contributed by atoms with Gasteiger partial charge in [0.1, 0.15) is 0 Å². The maximum absolute atomic E-state index is 13.2. The second-order valence-corrected chi connectivity index (χ2v) is 6.43. The van der Waals surface area contributed by atoms with Gasteiger partial charge in [-0.2, -0.15) is 5.10 Å². The Morgan fingerprint density at radius 3 is 2.93 bits per heavy atom. The van der Waals surface area contributed by atoms with Gasteiger partial charge in [0.25, 0.3) is 5.91 Å². The van der Waals surface area contributed by atoms with Crippen molar-refractivity contribution < 1.29 is 14.3 Å². The fourth-order valence-corrected chi connectivity index (χ4v) is 3.32. The number of hydrogen-bond donors (Lipinski definition) is 1. The van der Waals surface area contributed by atoms with Crippen molar-refractivity contribution >= 4 is 5.91 Å². The Labute approximate surface area is 157 Å². The first-order valence-corrected chi connectivity index (χ1v) is 8.94. The third kappa shape index (κ3) is 3.51. The molecular weight excluding hydrogens is 342 g/mol. The predicted octanol–water partition coefficient (Wildman–Crippen LogP) is 3.51. The molecular formula is C21H21N3O3. The van der Waals surface area contributed by atoms with E-state index in [4.69, 9.17) is 9.47 Å². The van der Waals surface area contributed by atoms with Gasteiger partial charge in [0, 0.05) is 36.0 Å². The number of aromatic amines is 1. The van der Waals surface area contributed by atoms with Gasteiger partial charge in [0.2, 0.25) is 0 Å². The highest BCUT2D eigenvalue weighted by Crippen LogP contribution is 2.33. The maximum atomic E-state index is 13.2. The van der Waals surface area contributed by atoms with Crippen LogP contribution < -0.4 is 9.47 Å². The summed E-state index contributed by atoms with van der Waals surface area (Å²) in [6, 6.07) is 15.3. The van der Waals surface area contributed by atoms with Crippen molar-refractivity contribution in [1.82, 2.24) is 15.1 Å². The summed E-state index contributed by atoms with van der Waals surface area (Å²) in [5.41, 5.74) is 3.44. The minimum absolute atomic E-state index is 0.00651. The molecule has 0 saturated heterocycles. The number of carbonyl (C=O) groups excluding carboxylic acids is 1. The lowest BCUT2D eigenvalue weighted by molar-refractivity contribution is 0.0721. The van der Waals surface area contributed by atoms with Gasteiger partial charge >= 0.3 is 0 Å². The number of H-pyrrole nitrogens is 1. The highest BCUT2D eigenvalue weighted by Gasteiger charge is 2.22. The molecule has 0 spiro atoms. The molecule has 1 aromatic heterocycles. The van der Waals surface area contributed by atoms with Crippen LogP contribution in [0.2, 0.25) is 0 Å². The quantitative estimate of drug-likeness (QED) is 0.773. The Bertz CT molecular complexity index is 938. The number of para-hydroxylation sites is 1.